The maximum absolute atomic E-state index is 8.98. The Bertz CT molecular complexity index is 493. The Balaban J connectivity index is 2.11. The van der Waals surface area contributed by atoms with Crippen LogP contribution in [0.25, 0.3) is 10.9 Å². The van der Waals surface area contributed by atoms with Gasteiger partial charge in [0.05, 0.1) is 5.52 Å². The lowest BCUT2D eigenvalue weighted by Gasteiger charge is -2.16. The van der Waals surface area contributed by atoms with Crippen LogP contribution < -0.4 is 5.32 Å². The van der Waals surface area contributed by atoms with Crippen molar-refractivity contribution in [2.24, 2.45) is 0 Å². The van der Waals surface area contributed by atoms with E-state index in [4.69, 9.17) is 5.11 Å². The van der Waals surface area contributed by atoms with Gasteiger partial charge in [0.25, 0.3) is 0 Å². The first-order valence-electron chi connectivity index (χ1n) is 6.52. The molecule has 3 heteroatoms. The van der Waals surface area contributed by atoms with E-state index in [9.17, 15) is 0 Å². The summed E-state index contributed by atoms with van der Waals surface area (Å²) in [7, 11) is 0. The molecule has 0 aliphatic carbocycles. The van der Waals surface area contributed by atoms with Crippen molar-refractivity contribution in [3.63, 3.8) is 0 Å². The Hall–Kier alpha value is -1.45. The molecular formula is C15H20N2O. The largest absolute Gasteiger partial charge is 0.396 e. The molecule has 18 heavy (non-hydrogen) atoms. The molecule has 1 unspecified atom stereocenters. The van der Waals surface area contributed by atoms with Crippen molar-refractivity contribution in [1.29, 1.82) is 0 Å². The molecule has 0 amide bonds. The lowest BCUT2D eigenvalue weighted by Crippen LogP contribution is -2.28. The van der Waals surface area contributed by atoms with E-state index in [1.54, 1.807) is 0 Å². The van der Waals surface area contributed by atoms with E-state index in [2.05, 4.69) is 41.5 Å². The van der Waals surface area contributed by atoms with Crippen LogP contribution in [0.5, 0.6) is 0 Å². The number of hydrogen-bond donors (Lipinski definition) is 2. The lowest BCUT2D eigenvalue weighted by molar-refractivity contribution is 0.262. The van der Waals surface area contributed by atoms with Gasteiger partial charge >= 0.3 is 0 Å². The number of fused-ring (bicyclic) bond motifs is 1. The van der Waals surface area contributed by atoms with Crippen LogP contribution in [0.15, 0.2) is 36.5 Å². The van der Waals surface area contributed by atoms with Crippen molar-refractivity contribution in [2.75, 3.05) is 6.61 Å². The number of nitrogens with zero attached hydrogens (tertiary/aromatic N) is 1. The summed E-state index contributed by atoms with van der Waals surface area (Å²) in [4.78, 5) is 4.44. The Morgan fingerprint density at radius 1 is 1.28 bits per heavy atom. The molecule has 0 radical (unpaired) electrons. The second-order valence-corrected chi connectivity index (χ2v) is 4.49. The average molecular weight is 244 g/mol. The summed E-state index contributed by atoms with van der Waals surface area (Å²) in [6.07, 6.45) is 3.66. The molecule has 2 N–H and O–H groups in total. The van der Waals surface area contributed by atoms with E-state index in [-0.39, 0.29) is 6.61 Å². The number of nitrogens with one attached hydrogen (secondary N) is 1. The van der Waals surface area contributed by atoms with Gasteiger partial charge in [0.15, 0.2) is 0 Å². The third kappa shape index (κ3) is 3.06. The molecule has 2 rings (SSSR count). The van der Waals surface area contributed by atoms with Crippen LogP contribution in [-0.2, 0) is 6.54 Å². The first-order chi connectivity index (χ1) is 8.85. The summed E-state index contributed by atoms with van der Waals surface area (Å²) in [6, 6.07) is 10.7. The predicted octanol–water partition coefficient (Wildman–Crippen LogP) is 2.49. The maximum Gasteiger partial charge on any atom is 0.0746 e. The highest BCUT2D eigenvalue weighted by atomic mass is 16.3. The van der Waals surface area contributed by atoms with Gasteiger partial charge in [-0.2, -0.15) is 0 Å². The van der Waals surface area contributed by atoms with Gasteiger partial charge in [-0.25, -0.2) is 0 Å². The lowest BCUT2D eigenvalue weighted by atomic mass is 10.1. The summed E-state index contributed by atoms with van der Waals surface area (Å²) < 4.78 is 0. The summed E-state index contributed by atoms with van der Waals surface area (Å²) in [5.74, 6) is 0. The molecule has 96 valence electrons. The van der Waals surface area contributed by atoms with E-state index in [1.165, 1.54) is 10.9 Å². The van der Waals surface area contributed by atoms with Crippen LogP contribution >= 0.6 is 0 Å². The summed E-state index contributed by atoms with van der Waals surface area (Å²) >= 11 is 0. The first kappa shape index (κ1) is 13.0. The first-order valence-corrected chi connectivity index (χ1v) is 6.52. The number of para-hydroxylation sites is 1. The van der Waals surface area contributed by atoms with E-state index >= 15 is 0 Å². The molecule has 0 saturated heterocycles. The minimum atomic E-state index is 0.235. The number of benzene rings is 1. The minimum absolute atomic E-state index is 0.235. The molecule has 1 heterocycles. The predicted molar refractivity (Wildman–Crippen MR) is 74.4 cm³/mol. The topological polar surface area (TPSA) is 45.1 Å². The molecule has 0 bridgehead atoms. The SMILES string of the molecule is CCC(CCO)NCc1cccc2cccnc12. The van der Waals surface area contributed by atoms with Crippen LogP contribution in [0.3, 0.4) is 0 Å². The minimum Gasteiger partial charge on any atom is -0.396 e. The van der Waals surface area contributed by atoms with Crippen LogP contribution in [0, 0.1) is 0 Å². The number of rotatable bonds is 6. The Kier molecular flexibility index (Phi) is 4.67. The average Bonchev–Trinajstić information content (AvgIpc) is 2.43. The molecule has 0 saturated carbocycles. The van der Waals surface area contributed by atoms with Gasteiger partial charge in [0.2, 0.25) is 0 Å². The number of aromatic nitrogens is 1. The molecule has 1 atom stereocenters. The zero-order valence-corrected chi connectivity index (χ0v) is 10.8. The van der Waals surface area contributed by atoms with Crippen LogP contribution in [0.2, 0.25) is 0 Å². The van der Waals surface area contributed by atoms with Crippen molar-refractivity contribution in [2.45, 2.75) is 32.4 Å². The molecule has 1 aromatic carbocycles. The number of aliphatic hydroxyl groups excluding tert-OH is 1. The van der Waals surface area contributed by atoms with Gasteiger partial charge < -0.3 is 10.4 Å². The van der Waals surface area contributed by atoms with Gasteiger partial charge in [-0.1, -0.05) is 31.2 Å². The van der Waals surface area contributed by atoms with Gasteiger partial charge in [-0.3, -0.25) is 4.98 Å². The third-order valence-corrected chi connectivity index (χ3v) is 3.27. The van der Waals surface area contributed by atoms with Crippen LogP contribution in [0.1, 0.15) is 25.3 Å². The molecule has 0 fully saturated rings. The zero-order valence-electron chi connectivity index (χ0n) is 10.8. The molecule has 0 aliphatic rings. The fourth-order valence-corrected chi connectivity index (χ4v) is 2.17. The molecular weight excluding hydrogens is 224 g/mol. The number of aliphatic hydroxyl groups is 1. The Morgan fingerprint density at radius 3 is 2.89 bits per heavy atom. The van der Waals surface area contributed by atoms with Crippen molar-refractivity contribution in [3.05, 3.63) is 42.1 Å². The van der Waals surface area contributed by atoms with Crippen LogP contribution in [0.4, 0.5) is 0 Å². The molecule has 2 aromatic rings. The maximum atomic E-state index is 8.98. The van der Waals surface area contributed by atoms with Crippen molar-refractivity contribution in [3.8, 4) is 0 Å². The normalized spacial score (nSPS) is 12.8. The van der Waals surface area contributed by atoms with E-state index in [0.29, 0.717) is 6.04 Å². The summed E-state index contributed by atoms with van der Waals surface area (Å²) in [5.41, 5.74) is 2.27. The number of pyridine rings is 1. The van der Waals surface area contributed by atoms with Gasteiger partial charge in [-0.05, 0) is 24.5 Å². The third-order valence-electron chi connectivity index (χ3n) is 3.27. The quantitative estimate of drug-likeness (QED) is 0.820. The van der Waals surface area contributed by atoms with Crippen molar-refractivity contribution >= 4 is 10.9 Å². The molecule has 1 aromatic heterocycles. The molecule has 0 spiro atoms. The molecule has 0 aliphatic heterocycles. The fourth-order valence-electron chi connectivity index (χ4n) is 2.17. The molecule has 3 nitrogen and oxygen atoms in total. The summed E-state index contributed by atoms with van der Waals surface area (Å²) in [5, 5.41) is 13.6. The van der Waals surface area contributed by atoms with E-state index < -0.39 is 0 Å². The second kappa shape index (κ2) is 6.47. The van der Waals surface area contributed by atoms with Gasteiger partial charge in [0.1, 0.15) is 0 Å². The fraction of sp³-hybridized carbons (Fsp3) is 0.400. The zero-order chi connectivity index (χ0) is 12.8. The number of hydrogen-bond acceptors (Lipinski definition) is 3. The van der Waals surface area contributed by atoms with Crippen molar-refractivity contribution in [1.82, 2.24) is 10.3 Å². The monoisotopic (exact) mass is 244 g/mol. The van der Waals surface area contributed by atoms with Crippen LogP contribution in [-0.4, -0.2) is 22.7 Å². The Morgan fingerprint density at radius 2 is 2.11 bits per heavy atom. The highest BCUT2D eigenvalue weighted by molar-refractivity contribution is 5.81. The smallest absolute Gasteiger partial charge is 0.0746 e. The summed E-state index contributed by atoms with van der Waals surface area (Å²) in [6.45, 7) is 3.17. The van der Waals surface area contributed by atoms with Gasteiger partial charge in [-0.15, -0.1) is 0 Å². The second-order valence-electron chi connectivity index (χ2n) is 4.49. The van der Waals surface area contributed by atoms with Gasteiger partial charge in [0, 0.05) is 30.8 Å². The van der Waals surface area contributed by atoms with Crippen molar-refractivity contribution < 1.29 is 5.11 Å². The standard InChI is InChI=1S/C15H20N2O/c1-2-14(8-10-18)17-11-13-6-3-5-12-7-4-9-16-15(12)13/h3-7,9,14,17-18H,2,8,10-11H2,1H3. The van der Waals surface area contributed by atoms with E-state index in [1.807, 2.05) is 12.3 Å². The Labute approximate surface area is 108 Å². The van der Waals surface area contributed by atoms with E-state index in [0.717, 1.165) is 24.9 Å². The highest BCUT2D eigenvalue weighted by Crippen LogP contribution is 2.16. The highest BCUT2D eigenvalue weighted by Gasteiger charge is 2.06.